The Kier molecular flexibility index (Phi) is 5.92. The molecule has 2 atom stereocenters. The van der Waals surface area contributed by atoms with Gasteiger partial charge in [-0.2, -0.15) is 0 Å². The summed E-state index contributed by atoms with van der Waals surface area (Å²) >= 11 is 0. The molecule has 0 aliphatic carbocycles. The molecular formula is C22H26ClN5O2. The van der Waals surface area contributed by atoms with Crippen LogP contribution in [0, 0.1) is 5.92 Å². The Morgan fingerprint density at radius 1 is 1.13 bits per heavy atom. The summed E-state index contributed by atoms with van der Waals surface area (Å²) in [6, 6.07) is 14.3. The third kappa shape index (κ3) is 4.27. The lowest BCUT2D eigenvalue weighted by Gasteiger charge is -2.28. The highest BCUT2D eigenvalue weighted by Gasteiger charge is 2.34. The highest BCUT2D eigenvalue weighted by atomic mass is 35.5. The van der Waals surface area contributed by atoms with Gasteiger partial charge in [0.1, 0.15) is 0 Å². The van der Waals surface area contributed by atoms with E-state index in [9.17, 15) is 9.59 Å². The van der Waals surface area contributed by atoms with Crippen molar-refractivity contribution in [3.63, 3.8) is 0 Å². The van der Waals surface area contributed by atoms with Gasteiger partial charge in [-0.1, -0.05) is 18.2 Å². The van der Waals surface area contributed by atoms with E-state index in [1.54, 1.807) is 6.20 Å². The summed E-state index contributed by atoms with van der Waals surface area (Å²) in [6.07, 6.45) is 6.97. The lowest BCUT2D eigenvalue weighted by Crippen LogP contribution is -2.39. The minimum atomic E-state index is -0.171. The number of hydrogen-bond acceptors (Lipinski definition) is 4. The minimum Gasteiger partial charge on any atom is -0.326 e. The van der Waals surface area contributed by atoms with Crippen LogP contribution in [-0.2, 0) is 11.3 Å². The molecule has 1 aromatic carbocycles. The second-order valence-electron chi connectivity index (χ2n) is 8.30. The summed E-state index contributed by atoms with van der Waals surface area (Å²) in [5.41, 5.74) is 2.14. The molecule has 2 fully saturated rings. The molecule has 2 saturated heterocycles. The number of anilines is 1. The van der Waals surface area contributed by atoms with E-state index >= 15 is 0 Å². The van der Waals surface area contributed by atoms with Gasteiger partial charge in [0, 0.05) is 30.4 Å². The fourth-order valence-electron chi connectivity index (χ4n) is 4.81. The summed E-state index contributed by atoms with van der Waals surface area (Å²) in [5, 5.41) is 11.0. The van der Waals surface area contributed by atoms with E-state index < -0.39 is 0 Å². The van der Waals surface area contributed by atoms with Crippen LogP contribution in [0.25, 0.3) is 5.65 Å². The molecule has 0 radical (unpaired) electrons. The van der Waals surface area contributed by atoms with Crippen LogP contribution in [0.3, 0.4) is 0 Å². The first-order valence-electron chi connectivity index (χ1n) is 10.3. The number of rotatable bonds is 5. The molecule has 0 spiro atoms. The van der Waals surface area contributed by atoms with Crippen molar-refractivity contribution in [1.29, 1.82) is 0 Å². The van der Waals surface area contributed by atoms with Gasteiger partial charge in [-0.15, -0.1) is 17.5 Å². The molecule has 2 unspecified atom stereocenters. The maximum Gasteiger partial charge on any atom is 0.350 e. The highest BCUT2D eigenvalue weighted by Crippen LogP contribution is 2.32. The van der Waals surface area contributed by atoms with Crippen LogP contribution >= 0.6 is 12.4 Å². The number of halogens is 1. The van der Waals surface area contributed by atoms with Gasteiger partial charge in [-0.05, 0) is 61.4 Å². The summed E-state index contributed by atoms with van der Waals surface area (Å²) < 4.78 is 2.97. The predicted octanol–water partition coefficient (Wildman–Crippen LogP) is 2.83. The molecule has 0 saturated carbocycles. The van der Waals surface area contributed by atoms with Crippen LogP contribution in [0.1, 0.15) is 37.7 Å². The van der Waals surface area contributed by atoms with Crippen molar-refractivity contribution in [1.82, 2.24) is 19.5 Å². The molecule has 5 rings (SSSR count). The van der Waals surface area contributed by atoms with Gasteiger partial charge >= 0.3 is 5.69 Å². The molecular weight excluding hydrogens is 402 g/mol. The van der Waals surface area contributed by atoms with E-state index in [1.807, 2.05) is 42.5 Å². The van der Waals surface area contributed by atoms with Gasteiger partial charge in [0.25, 0.3) is 0 Å². The van der Waals surface area contributed by atoms with E-state index in [2.05, 4.69) is 15.7 Å². The summed E-state index contributed by atoms with van der Waals surface area (Å²) in [7, 11) is 0. The van der Waals surface area contributed by atoms with E-state index in [0.29, 0.717) is 36.6 Å². The van der Waals surface area contributed by atoms with Crippen LogP contribution in [0.2, 0.25) is 0 Å². The van der Waals surface area contributed by atoms with Crippen molar-refractivity contribution >= 4 is 29.6 Å². The van der Waals surface area contributed by atoms with E-state index in [0.717, 1.165) is 24.1 Å². The molecule has 8 heteroatoms. The maximum atomic E-state index is 12.6. The quantitative estimate of drug-likeness (QED) is 0.656. The minimum absolute atomic E-state index is 0. The zero-order valence-corrected chi connectivity index (χ0v) is 17.5. The highest BCUT2D eigenvalue weighted by molar-refractivity contribution is 5.90. The molecule has 4 heterocycles. The first-order chi connectivity index (χ1) is 14.1. The second kappa shape index (κ2) is 8.62. The van der Waals surface area contributed by atoms with Gasteiger partial charge in [0.15, 0.2) is 5.65 Å². The van der Waals surface area contributed by atoms with Crippen molar-refractivity contribution in [2.24, 2.45) is 5.92 Å². The van der Waals surface area contributed by atoms with Gasteiger partial charge in [-0.3, -0.25) is 9.20 Å². The Morgan fingerprint density at radius 3 is 2.70 bits per heavy atom. The van der Waals surface area contributed by atoms with Crippen LogP contribution in [0.15, 0.2) is 53.5 Å². The molecule has 2 aromatic heterocycles. The summed E-state index contributed by atoms with van der Waals surface area (Å²) in [5.74, 6) is 0.534. The smallest absolute Gasteiger partial charge is 0.326 e. The van der Waals surface area contributed by atoms with Crippen molar-refractivity contribution < 1.29 is 4.79 Å². The van der Waals surface area contributed by atoms with Crippen molar-refractivity contribution in [3.8, 4) is 0 Å². The number of benzene rings is 1. The van der Waals surface area contributed by atoms with Crippen LogP contribution in [-0.4, -0.2) is 32.2 Å². The largest absolute Gasteiger partial charge is 0.350 e. The van der Waals surface area contributed by atoms with Crippen LogP contribution in [0.5, 0.6) is 0 Å². The number of aromatic nitrogens is 3. The van der Waals surface area contributed by atoms with Gasteiger partial charge in [0.2, 0.25) is 5.91 Å². The van der Waals surface area contributed by atoms with E-state index in [-0.39, 0.29) is 24.0 Å². The third-order valence-electron chi connectivity index (χ3n) is 6.08. The van der Waals surface area contributed by atoms with Gasteiger partial charge < -0.3 is 10.6 Å². The fraction of sp³-hybridized carbons (Fsp3) is 0.409. The first-order valence-corrected chi connectivity index (χ1v) is 10.3. The molecule has 158 valence electrons. The number of piperidine rings is 1. The third-order valence-corrected chi connectivity index (χ3v) is 6.08. The predicted molar refractivity (Wildman–Crippen MR) is 118 cm³/mol. The Hall–Kier alpha value is -2.64. The normalized spacial score (nSPS) is 22.6. The Morgan fingerprint density at radius 2 is 1.93 bits per heavy atom. The lowest BCUT2D eigenvalue weighted by atomic mass is 9.89. The van der Waals surface area contributed by atoms with Crippen molar-refractivity contribution in [2.45, 2.75) is 50.7 Å². The number of hydrogen-bond donors (Lipinski definition) is 2. The number of fused-ring (bicyclic) bond motifs is 3. The topological polar surface area (TPSA) is 80.4 Å². The molecule has 2 aliphatic heterocycles. The molecule has 3 aromatic rings. The van der Waals surface area contributed by atoms with Gasteiger partial charge in [0.05, 0.1) is 6.54 Å². The van der Waals surface area contributed by atoms with Crippen LogP contribution < -0.4 is 16.3 Å². The van der Waals surface area contributed by atoms with Crippen molar-refractivity contribution in [2.75, 3.05) is 5.32 Å². The average molecular weight is 428 g/mol. The SMILES string of the molecule is Cl.O=C(CC1CC2CCC(C1)N2)Nc1cccc(Cn2nc3ccccn3c2=O)c1. The fourth-order valence-corrected chi connectivity index (χ4v) is 4.81. The summed E-state index contributed by atoms with van der Waals surface area (Å²) in [6.45, 7) is 0.363. The number of nitrogens with zero attached hydrogens (tertiary/aromatic N) is 3. The molecule has 2 aliphatic rings. The van der Waals surface area contributed by atoms with Gasteiger partial charge in [-0.25, -0.2) is 9.48 Å². The molecule has 7 nitrogen and oxygen atoms in total. The maximum absolute atomic E-state index is 12.6. The molecule has 2 N–H and O–H groups in total. The average Bonchev–Trinajstić information content (AvgIpc) is 3.21. The zero-order valence-electron chi connectivity index (χ0n) is 16.7. The molecule has 1 amide bonds. The lowest BCUT2D eigenvalue weighted by molar-refractivity contribution is -0.117. The Balaban J connectivity index is 0.00000218. The van der Waals surface area contributed by atoms with E-state index in [1.165, 1.54) is 21.9 Å². The number of carbonyl (C=O) groups is 1. The Labute approximate surface area is 180 Å². The number of carbonyl (C=O) groups excluding carboxylic acids is 1. The first kappa shape index (κ1) is 20.6. The molecule has 30 heavy (non-hydrogen) atoms. The van der Waals surface area contributed by atoms with E-state index in [4.69, 9.17) is 0 Å². The number of amides is 1. The number of nitrogens with one attached hydrogen (secondary N) is 2. The van der Waals surface area contributed by atoms with Crippen LogP contribution in [0.4, 0.5) is 5.69 Å². The summed E-state index contributed by atoms with van der Waals surface area (Å²) in [4.78, 5) is 25.0. The Bertz CT molecular complexity index is 1100. The standard InChI is InChI=1S/C22H25N5O2.ClH/c28-21(13-16-11-18-7-8-19(12-16)23-18)24-17-5-3-4-15(10-17)14-27-22(29)26-9-2-1-6-20(26)25-27;/h1-6,9-10,16,18-19,23H,7-8,11-14H2,(H,24,28);1H. The zero-order chi connectivity index (χ0) is 19.8. The number of pyridine rings is 1. The van der Waals surface area contributed by atoms with Crippen molar-refractivity contribution in [3.05, 3.63) is 64.7 Å². The molecule has 2 bridgehead atoms. The second-order valence-corrected chi connectivity index (χ2v) is 8.30. The monoisotopic (exact) mass is 427 g/mol.